The largest absolute Gasteiger partial charge is 0.464 e. The first kappa shape index (κ1) is 7.55. The molecule has 0 atom stereocenters. The highest BCUT2D eigenvalue weighted by Crippen LogP contribution is 2.21. The number of hydrogen-bond acceptors (Lipinski definition) is 2. The van der Waals surface area contributed by atoms with Crippen molar-refractivity contribution in [2.75, 3.05) is 0 Å². The summed E-state index contributed by atoms with van der Waals surface area (Å²) in [7, 11) is 0. The summed E-state index contributed by atoms with van der Waals surface area (Å²) >= 11 is 3.29. The van der Waals surface area contributed by atoms with E-state index in [2.05, 4.69) is 20.9 Å². The summed E-state index contributed by atoms with van der Waals surface area (Å²) in [4.78, 5) is 4.02. The van der Waals surface area contributed by atoms with Gasteiger partial charge in [-0.1, -0.05) is 0 Å². The lowest BCUT2D eigenvalue weighted by Crippen LogP contribution is -1.76. The monoisotopic (exact) mass is 223 g/mol. The molecule has 12 heavy (non-hydrogen) atoms. The Morgan fingerprint density at radius 1 is 1.33 bits per heavy atom. The van der Waals surface area contributed by atoms with Crippen molar-refractivity contribution in [3.8, 4) is 11.3 Å². The molecule has 2 heterocycles. The maximum atomic E-state index is 5.23. The molecule has 0 amide bonds. The zero-order valence-electron chi connectivity index (χ0n) is 6.20. The van der Waals surface area contributed by atoms with Gasteiger partial charge in [0, 0.05) is 11.8 Å². The second-order valence-corrected chi connectivity index (χ2v) is 3.16. The molecular weight excluding hydrogens is 218 g/mol. The van der Waals surface area contributed by atoms with Crippen LogP contribution in [0.15, 0.2) is 45.7 Å². The zero-order chi connectivity index (χ0) is 8.39. The van der Waals surface area contributed by atoms with Crippen LogP contribution in [0.1, 0.15) is 0 Å². The van der Waals surface area contributed by atoms with E-state index < -0.39 is 0 Å². The minimum Gasteiger partial charge on any atom is -0.464 e. The van der Waals surface area contributed by atoms with Gasteiger partial charge in [-0.3, -0.25) is 0 Å². The van der Waals surface area contributed by atoms with Crippen LogP contribution in [-0.2, 0) is 0 Å². The number of halogens is 1. The van der Waals surface area contributed by atoms with Crippen LogP contribution in [-0.4, -0.2) is 4.98 Å². The Labute approximate surface area is 78.4 Å². The summed E-state index contributed by atoms with van der Waals surface area (Å²) in [5.74, 6) is 0.859. The van der Waals surface area contributed by atoms with Crippen molar-refractivity contribution in [3.05, 3.63) is 41.3 Å². The predicted octanol–water partition coefficient (Wildman–Crippen LogP) is 3.10. The fourth-order valence-corrected chi connectivity index (χ4v) is 1.36. The normalized spacial score (nSPS) is 10.1. The first-order valence-electron chi connectivity index (χ1n) is 3.52. The molecule has 0 unspecified atom stereocenters. The summed E-state index contributed by atoms with van der Waals surface area (Å²) < 4.78 is 6.04. The van der Waals surface area contributed by atoms with Crippen LogP contribution in [0.25, 0.3) is 11.3 Å². The van der Waals surface area contributed by atoms with Crippen LogP contribution < -0.4 is 0 Å². The van der Waals surface area contributed by atoms with Gasteiger partial charge in [0.1, 0.15) is 10.4 Å². The number of nitrogens with zero attached hydrogens (tertiary/aromatic N) is 1. The quantitative estimate of drug-likeness (QED) is 0.695. The molecule has 0 saturated heterocycles. The van der Waals surface area contributed by atoms with Crippen LogP contribution in [0.2, 0.25) is 0 Å². The number of pyridine rings is 1. The Morgan fingerprint density at radius 2 is 2.25 bits per heavy atom. The molecule has 2 aromatic heterocycles. The van der Waals surface area contributed by atoms with Crippen LogP contribution in [0, 0.1) is 0 Å². The molecule has 0 aromatic carbocycles. The van der Waals surface area contributed by atoms with Gasteiger partial charge in [-0.2, -0.15) is 0 Å². The third-order valence-corrected chi connectivity index (χ3v) is 1.97. The highest BCUT2D eigenvalue weighted by atomic mass is 79.9. The van der Waals surface area contributed by atoms with Gasteiger partial charge in [-0.25, -0.2) is 4.98 Å². The van der Waals surface area contributed by atoms with E-state index in [-0.39, 0.29) is 0 Å². The molecule has 3 heteroatoms. The second kappa shape index (κ2) is 3.11. The standard InChI is InChI=1S/C9H6BrNO/c10-9-6-7(3-4-11-9)8-2-1-5-12-8/h1-6H. The first-order chi connectivity index (χ1) is 5.86. The van der Waals surface area contributed by atoms with Gasteiger partial charge in [-0.05, 0) is 40.2 Å². The van der Waals surface area contributed by atoms with Crippen molar-refractivity contribution >= 4 is 15.9 Å². The van der Waals surface area contributed by atoms with Gasteiger partial charge in [0.2, 0.25) is 0 Å². The van der Waals surface area contributed by atoms with Gasteiger partial charge in [0.25, 0.3) is 0 Å². The van der Waals surface area contributed by atoms with Crippen LogP contribution in [0.3, 0.4) is 0 Å². The smallest absolute Gasteiger partial charge is 0.133 e. The van der Waals surface area contributed by atoms with Crippen molar-refractivity contribution in [2.24, 2.45) is 0 Å². The molecule has 2 rings (SSSR count). The van der Waals surface area contributed by atoms with Gasteiger partial charge >= 0.3 is 0 Å². The molecule has 0 spiro atoms. The Morgan fingerprint density at radius 3 is 2.92 bits per heavy atom. The molecule has 0 aliphatic carbocycles. The average molecular weight is 224 g/mol. The van der Waals surface area contributed by atoms with E-state index in [1.807, 2.05) is 24.3 Å². The summed E-state index contributed by atoms with van der Waals surface area (Å²) in [6, 6.07) is 7.61. The molecular formula is C9H6BrNO. The van der Waals surface area contributed by atoms with Gasteiger partial charge in [0.15, 0.2) is 0 Å². The summed E-state index contributed by atoms with van der Waals surface area (Å²) in [5.41, 5.74) is 1.03. The van der Waals surface area contributed by atoms with E-state index in [1.54, 1.807) is 12.5 Å². The number of aromatic nitrogens is 1. The first-order valence-corrected chi connectivity index (χ1v) is 4.31. The minimum absolute atomic E-state index is 0.816. The fraction of sp³-hybridized carbons (Fsp3) is 0. The third kappa shape index (κ3) is 1.41. The summed E-state index contributed by atoms with van der Waals surface area (Å²) in [5, 5.41) is 0. The molecule has 2 aromatic rings. The molecule has 60 valence electrons. The summed E-state index contributed by atoms with van der Waals surface area (Å²) in [6.07, 6.45) is 3.39. The molecule has 0 saturated carbocycles. The maximum Gasteiger partial charge on any atom is 0.133 e. The second-order valence-electron chi connectivity index (χ2n) is 2.34. The number of furan rings is 1. The molecule has 0 N–H and O–H groups in total. The van der Waals surface area contributed by atoms with E-state index in [9.17, 15) is 0 Å². The average Bonchev–Trinajstić information content (AvgIpc) is 2.56. The molecule has 0 fully saturated rings. The molecule has 2 nitrogen and oxygen atoms in total. The maximum absolute atomic E-state index is 5.23. The Balaban J connectivity index is 2.48. The van der Waals surface area contributed by atoms with Crippen molar-refractivity contribution in [2.45, 2.75) is 0 Å². The lowest BCUT2D eigenvalue weighted by molar-refractivity contribution is 0.582. The van der Waals surface area contributed by atoms with Crippen molar-refractivity contribution < 1.29 is 4.42 Å². The van der Waals surface area contributed by atoms with E-state index in [0.29, 0.717) is 0 Å². The third-order valence-electron chi connectivity index (χ3n) is 1.53. The van der Waals surface area contributed by atoms with Crippen molar-refractivity contribution in [3.63, 3.8) is 0 Å². The van der Waals surface area contributed by atoms with Crippen LogP contribution in [0.4, 0.5) is 0 Å². The van der Waals surface area contributed by atoms with Gasteiger partial charge in [-0.15, -0.1) is 0 Å². The van der Waals surface area contributed by atoms with E-state index in [1.165, 1.54) is 0 Å². The van der Waals surface area contributed by atoms with E-state index in [4.69, 9.17) is 4.42 Å². The number of hydrogen-bond donors (Lipinski definition) is 0. The number of rotatable bonds is 1. The van der Waals surface area contributed by atoms with Crippen molar-refractivity contribution in [1.29, 1.82) is 0 Å². The SMILES string of the molecule is Brc1cc(-c2ccco2)ccn1. The van der Waals surface area contributed by atoms with E-state index >= 15 is 0 Å². The van der Waals surface area contributed by atoms with E-state index in [0.717, 1.165) is 15.9 Å². The molecule has 0 radical (unpaired) electrons. The minimum atomic E-state index is 0.816. The highest BCUT2D eigenvalue weighted by molar-refractivity contribution is 9.10. The molecule has 0 bridgehead atoms. The molecule has 0 aliphatic heterocycles. The zero-order valence-corrected chi connectivity index (χ0v) is 7.78. The van der Waals surface area contributed by atoms with Crippen molar-refractivity contribution in [1.82, 2.24) is 4.98 Å². The Bertz CT molecular complexity index is 370. The van der Waals surface area contributed by atoms with Crippen LogP contribution >= 0.6 is 15.9 Å². The highest BCUT2D eigenvalue weighted by Gasteiger charge is 1.99. The summed E-state index contributed by atoms with van der Waals surface area (Å²) in [6.45, 7) is 0. The topological polar surface area (TPSA) is 26.0 Å². The Hall–Kier alpha value is -1.09. The van der Waals surface area contributed by atoms with Crippen LogP contribution in [0.5, 0.6) is 0 Å². The molecule has 0 aliphatic rings. The fourth-order valence-electron chi connectivity index (χ4n) is 0.999. The van der Waals surface area contributed by atoms with Gasteiger partial charge < -0.3 is 4.42 Å². The lowest BCUT2D eigenvalue weighted by atomic mass is 10.2. The predicted molar refractivity (Wildman–Crippen MR) is 49.6 cm³/mol. The Kier molecular flexibility index (Phi) is 1.96. The van der Waals surface area contributed by atoms with Gasteiger partial charge in [0.05, 0.1) is 6.26 Å². The lowest BCUT2D eigenvalue weighted by Gasteiger charge is -1.95.